The summed E-state index contributed by atoms with van der Waals surface area (Å²) in [6.45, 7) is 18.8. The number of rotatable bonds is 20. The topological polar surface area (TPSA) is 108 Å². The fourth-order valence-electron chi connectivity index (χ4n) is 3.43. The molecule has 1 heterocycles. The van der Waals surface area contributed by atoms with E-state index in [0.717, 1.165) is 28.5 Å². The molecule has 2 atom stereocenters. The van der Waals surface area contributed by atoms with Crippen molar-refractivity contribution >= 4 is 58.1 Å². The average Bonchev–Trinajstić information content (AvgIpc) is 3.49. The Morgan fingerprint density at radius 2 is 1.55 bits per heavy atom. The Kier molecular flexibility index (Phi) is 44.9. The summed E-state index contributed by atoms with van der Waals surface area (Å²) in [5, 5.41) is 8.22. The first-order chi connectivity index (χ1) is 22.5. The van der Waals surface area contributed by atoms with E-state index in [1.54, 1.807) is 18.7 Å². The molecule has 2 N–H and O–H groups in total. The van der Waals surface area contributed by atoms with Crippen molar-refractivity contribution in [3.63, 3.8) is 0 Å². The van der Waals surface area contributed by atoms with E-state index in [1.165, 1.54) is 75.0 Å². The number of Topliss-reactive ketones (excluding diaryl/α,β-unsaturated/α-hetero) is 1. The highest BCUT2D eigenvalue weighted by molar-refractivity contribution is 8.11. The number of thiazole rings is 1. The third-order valence-corrected chi connectivity index (χ3v) is 7.40. The van der Waals surface area contributed by atoms with Crippen molar-refractivity contribution in [3.8, 4) is 0 Å². The molecule has 0 aliphatic carbocycles. The van der Waals surface area contributed by atoms with Gasteiger partial charge < -0.3 is 10.6 Å². The fraction of sp³-hybridized carbons (Fsp3) is 0.750. The van der Waals surface area contributed by atoms with E-state index in [2.05, 4.69) is 43.3 Å². The molecule has 276 valence electrons. The number of carbonyl (C=O) groups excluding carboxylic acids is 4. The molecule has 1 aromatic rings. The van der Waals surface area contributed by atoms with Gasteiger partial charge in [0.2, 0.25) is 11.8 Å². The van der Waals surface area contributed by atoms with Crippen molar-refractivity contribution in [3.05, 3.63) is 28.2 Å². The molecule has 0 aliphatic rings. The van der Waals surface area contributed by atoms with Crippen LogP contribution >= 0.6 is 34.9 Å². The van der Waals surface area contributed by atoms with Crippen LogP contribution in [-0.4, -0.2) is 71.0 Å². The molecule has 8 nitrogen and oxygen atoms in total. The lowest BCUT2D eigenvalue weighted by Gasteiger charge is -2.22. The number of hydrogen-bond donors (Lipinski definition) is 2. The molecule has 11 heteroatoms. The maximum absolute atomic E-state index is 12.1. The van der Waals surface area contributed by atoms with Crippen molar-refractivity contribution in [2.45, 2.75) is 139 Å². The van der Waals surface area contributed by atoms with Crippen molar-refractivity contribution in [1.82, 2.24) is 20.5 Å². The third kappa shape index (κ3) is 38.6. The molecule has 0 radical (unpaired) electrons. The highest BCUT2D eigenvalue weighted by atomic mass is 32.2. The second-order valence-electron chi connectivity index (χ2n) is 10.9. The Hall–Kier alpha value is -1.69. The molecule has 0 aromatic carbocycles. The number of hydrogen-bond acceptors (Lipinski definition) is 9. The van der Waals surface area contributed by atoms with Gasteiger partial charge >= 0.3 is 0 Å². The quantitative estimate of drug-likeness (QED) is 0.0782. The van der Waals surface area contributed by atoms with Crippen LogP contribution in [0.4, 0.5) is 0 Å². The van der Waals surface area contributed by atoms with Gasteiger partial charge in [-0.1, -0.05) is 117 Å². The first-order valence-electron chi connectivity index (χ1n) is 17.3. The summed E-state index contributed by atoms with van der Waals surface area (Å²) in [4.78, 5) is 51.8. The zero-order valence-electron chi connectivity index (χ0n) is 31.9. The molecule has 1 aromatic heterocycles. The Morgan fingerprint density at radius 3 is 2.04 bits per heavy atom. The Morgan fingerprint density at radius 1 is 1.00 bits per heavy atom. The third-order valence-electron chi connectivity index (χ3n) is 5.90. The van der Waals surface area contributed by atoms with Crippen LogP contribution in [0.1, 0.15) is 131 Å². The Labute approximate surface area is 301 Å². The maximum Gasteiger partial charge on any atom is 0.237 e. The first-order valence-corrected chi connectivity index (χ1v) is 20.8. The lowest BCUT2D eigenvalue weighted by atomic mass is 10.1. The monoisotopic (exact) mass is 718 g/mol. The minimum atomic E-state index is -0.393. The maximum atomic E-state index is 12.1. The van der Waals surface area contributed by atoms with Crippen molar-refractivity contribution in [2.75, 3.05) is 31.9 Å². The van der Waals surface area contributed by atoms with Gasteiger partial charge in [-0.2, -0.15) is 11.8 Å². The van der Waals surface area contributed by atoms with Crippen LogP contribution in [0.2, 0.25) is 0 Å². The summed E-state index contributed by atoms with van der Waals surface area (Å²) in [6.07, 6.45) is 19.0. The van der Waals surface area contributed by atoms with E-state index in [9.17, 15) is 19.2 Å². The molecule has 0 saturated heterocycles. The molecule has 1 rings (SSSR count). The lowest BCUT2D eigenvalue weighted by Crippen LogP contribution is -2.44. The van der Waals surface area contributed by atoms with Crippen LogP contribution in [0.15, 0.2) is 17.5 Å². The van der Waals surface area contributed by atoms with E-state index >= 15 is 0 Å². The molecule has 0 unspecified atom stereocenters. The van der Waals surface area contributed by atoms with Gasteiger partial charge in [0, 0.05) is 24.1 Å². The largest absolute Gasteiger partial charge is 0.350 e. The number of likely N-dealkylation sites (N-methyl/N-ethyl adjacent to an activating group) is 1. The number of ketones is 1. The summed E-state index contributed by atoms with van der Waals surface area (Å²) in [5.74, 6) is 0.545. The summed E-state index contributed by atoms with van der Waals surface area (Å²) < 4.78 is 0. The van der Waals surface area contributed by atoms with Crippen LogP contribution in [-0.2, 0) is 32.3 Å². The van der Waals surface area contributed by atoms with Gasteiger partial charge in [-0.05, 0) is 45.7 Å². The van der Waals surface area contributed by atoms with Gasteiger partial charge in [0.25, 0.3) is 0 Å². The smallest absolute Gasteiger partial charge is 0.237 e. The molecular weight excluding hydrogens is 649 g/mol. The molecule has 0 aliphatic heterocycles. The van der Waals surface area contributed by atoms with E-state index < -0.39 is 6.04 Å². The number of unbranched alkanes of at least 4 members (excludes halogenated alkanes) is 5. The van der Waals surface area contributed by atoms with Gasteiger partial charge in [0.1, 0.15) is 10.8 Å². The summed E-state index contributed by atoms with van der Waals surface area (Å²) in [5.41, 5.74) is 1.66. The predicted octanol–water partition coefficient (Wildman–Crippen LogP) is 8.97. The number of aromatic nitrogens is 1. The van der Waals surface area contributed by atoms with Crippen LogP contribution in [0.25, 0.3) is 0 Å². The van der Waals surface area contributed by atoms with Gasteiger partial charge in [-0.15, -0.1) is 11.3 Å². The van der Waals surface area contributed by atoms with Gasteiger partial charge in [0.15, 0.2) is 5.62 Å². The number of allylic oxidation sites excluding steroid dienone is 2. The van der Waals surface area contributed by atoms with Gasteiger partial charge in [0.05, 0.1) is 24.8 Å². The molecule has 0 spiro atoms. The highest BCUT2D eigenvalue weighted by Crippen LogP contribution is 2.13. The summed E-state index contributed by atoms with van der Waals surface area (Å²) in [7, 11) is 1.82. The Bertz CT molecular complexity index is 889. The first kappa shape index (κ1) is 52.1. The molecule has 0 saturated carbocycles. The van der Waals surface area contributed by atoms with E-state index in [1.807, 2.05) is 62.8 Å². The number of thioether (sulfide) groups is 2. The lowest BCUT2D eigenvalue weighted by molar-refractivity contribution is -0.128. The Balaban J connectivity index is -0.000000479. The fourth-order valence-corrected chi connectivity index (χ4v) is 4.52. The summed E-state index contributed by atoms with van der Waals surface area (Å²) >= 11 is 4.45. The SMILES string of the molecule is CC.CC(=O)CNC(=O)[C@@H](C)N(C)Cc1csc(CNC(=O)C[C@H](C)/C=C/CCSC=O)n1.CCC.CCCCCCCC.CSC. The standard InChI is InChI=1S/C21H32N4O4S2.C8H18.C3H8.C2H6S.C2H6/c1-15(7-5-6-8-30-14-26)9-19(28)22-11-20-24-18(13-31-20)12-25(4)17(3)21(29)23-10-16(2)27;1-3-5-7-8-6-4-2;2*1-3-2;1-2/h5,7,13-15,17H,6,8-12H2,1-4H3,(H,22,28)(H,23,29);3-8H2,1-2H3;3H2,1-2H3;1-2H3;1-2H3/b7-5+;;;;/t15-,17-;;;;/m1..../s1. The summed E-state index contributed by atoms with van der Waals surface area (Å²) in [6, 6.07) is -0.393. The number of nitrogens with zero attached hydrogens (tertiary/aromatic N) is 2. The molecular formula is C36H70N4O4S3. The minimum absolute atomic E-state index is 0.0329. The van der Waals surface area contributed by atoms with E-state index in [4.69, 9.17) is 0 Å². The zero-order valence-corrected chi connectivity index (χ0v) is 34.4. The average molecular weight is 719 g/mol. The van der Waals surface area contributed by atoms with E-state index in [-0.39, 0.29) is 30.1 Å². The zero-order chi connectivity index (χ0) is 36.9. The second kappa shape index (κ2) is 40.5. The van der Waals surface area contributed by atoms with Crippen molar-refractivity contribution < 1.29 is 19.2 Å². The van der Waals surface area contributed by atoms with Crippen molar-refractivity contribution in [1.29, 1.82) is 0 Å². The molecule has 47 heavy (non-hydrogen) atoms. The highest BCUT2D eigenvalue weighted by Gasteiger charge is 2.19. The predicted molar refractivity (Wildman–Crippen MR) is 211 cm³/mol. The number of nitrogens with one attached hydrogen (secondary N) is 2. The van der Waals surface area contributed by atoms with Crippen molar-refractivity contribution in [2.24, 2.45) is 5.92 Å². The second-order valence-corrected chi connectivity index (χ2v) is 13.6. The normalized spacial score (nSPS) is 11.3. The van der Waals surface area contributed by atoms with Crippen LogP contribution in [0, 0.1) is 5.92 Å². The van der Waals surface area contributed by atoms with Crippen LogP contribution in [0.5, 0.6) is 0 Å². The number of carbonyl (C=O) groups is 4. The molecule has 2 amide bonds. The number of amides is 2. The van der Waals surface area contributed by atoms with Gasteiger partial charge in [-0.25, -0.2) is 4.98 Å². The van der Waals surface area contributed by atoms with E-state index in [0.29, 0.717) is 19.5 Å². The van der Waals surface area contributed by atoms with Crippen LogP contribution in [0.3, 0.4) is 0 Å². The van der Waals surface area contributed by atoms with Crippen LogP contribution < -0.4 is 10.6 Å². The molecule has 0 fully saturated rings. The minimum Gasteiger partial charge on any atom is -0.350 e. The molecule has 0 bridgehead atoms. The van der Waals surface area contributed by atoms with Gasteiger partial charge in [-0.3, -0.25) is 24.1 Å².